The molecule has 2 aromatic rings. The normalized spacial score (nSPS) is 10.4. The highest BCUT2D eigenvalue weighted by Gasteiger charge is 2.05. The van der Waals surface area contributed by atoms with E-state index in [1.165, 1.54) is 0 Å². The Morgan fingerprint density at radius 1 is 1.29 bits per heavy atom. The summed E-state index contributed by atoms with van der Waals surface area (Å²) in [5, 5.41) is 2.79. The number of aryl methyl sites for hydroxylation is 2. The van der Waals surface area contributed by atoms with Crippen LogP contribution < -0.4 is 5.32 Å². The van der Waals surface area contributed by atoms with Crippen LogP contribution in [0.1, 0.15) is 23.7 Å². The van der Waals surface area contributed by atoms with Crippen molar-refractivity contribution in [3.8, 4) is 0 Å². The molecule has 1 N–H and O–H groups in total. The van der Waals surface area contributed by atoms with Gasteiger partial charge >= 0.3 is 0 Å². The van der Waals surface area contributed by atoms with E-state index in [1.807, 2.05) is 25.1 Å². The van der Waals surface area contributed by atoms with E-state index in [9.17, 15) is 4.79 Å². The maximum Gasteiger partial charge on any atom is 0.220 e. The van der Waals surface area contributed by atoms with E-state index in [0.717, 1.165) is 17.3 Å². The van der Waals surface area contributed by atoms with Crippen LogP contribution in [0.3, 0.4) is 0 Å². The molecule has 0 bridgehead atoms. The third-order valence-electron chi connectivity index (χ3n) is 2.43. The fraction of sp³-hybridized carbons (Fsp3) is 0.308. The number of carbonyl (C=O) groups is 1. The van der Waals surface area contributed by atoms with Crippen molar-refractivity contribution in [2.24, 2.45) is 0 Å². The van der Waals surface area contributed by atoms with Crippen molar-refractivity contribution >= 4 is 5.91 Å². The molecule has 4 nitrogen and oxygen atoms in total. The van der Waals surface area contributed by atoms with Gasteiger partial charge in [-0.25, -0.2) is 0 Å². The Hall–Kier alpha value is -1.97. The summed E-state index contributed by atoms with van der Waals surface area (Å²) in [6.45, 7) is 2.32. The quantitative estimate of drug-likeness (QED) is 0.862. The standard InChI is InChI=1S/C13H15NO3/c1-10-4-5-11(17-10)6-7-13(15)14-9-12-3-2-8-16-12/h2-5,8H,6-7,9H2,1H3,(H,14,15). The number of furan rings is 2. The molecule has 2 rings (SSSR count). The lowest BCUT2D eigenvalue weighted by Crippen LogP contribution is -2.22. The molecule has 0 aliphatic carbocycles. The summed E-state index contributed by atoms with van der Waals surface area (Å²) in [4.78, 5) is 11.5. The van der Waals surface area contributed by atoms with Gasteiger partial charge in [0, 0.05) is 12.8 Å². The van der Waals surface area contributed by atoms with Gasteiger partial charge in [-0.3, -0.25) is 4.79 Å². The third kappa shape index (κ3) is 3.52. The van der Waals surface area contributed by atoms with Crippen LogP contribution >= 0.6 is 0 Å². The van der Waals surface area contributed by atoms with Gasteiger partial charge in [-0.15, -0.1) is 0 Å². The van der Waals surface area contributed by atoms with Gasteiger partial charge in [0.25, 0.3) is 0 Å². The Balaban J connectivity index is 1.71. The molecule has 0 fully saturated rings. The molecule has 0 spiro atoms. The molecular weight excluding hydrogens is 218 g/mol. The number of nitrogens with one attached hydrogen (secondary N) is 1. The van der Waals surface area contributed by atoms with E-state index in [4.69, 9.17) is 8.83 Å². The van der Waals surface area contributed by atoms with Crippen LogP contribution in [0.15, 0.2) is 39.4 Å². The van der Waals surface area contributed by atoms with Crippen LogP contribution in [-0.4, -0.2) is 5.91 Å². The van der Waals surface area contributed by atoms with E-state index in [-0.39, 0.29) is 5.91 Å². The summed E-state index contributed by atoms with van der Waals surface area (Å²) in [5.41, 5.74) is 0. The monoisotopic (exact) mass is 233 g/mol. The molecule has 4 heteroatoms. The van der Waals surface area contributed by atoms with Crippen LogP contribution in [0.4, 0.5) is 0 Å². The lowest BCUT2D eigenvalue weighted by atomic mass is 10.2. The van der Waals surface area contributed by atoms with Gasteiger partial charge in [0.1, 0.15) is 17.3 Å². The largest absolute Gasteiger partial charge is 0.467 e. The molecule has 0 saturated heterocycles. The second-order valence-corrected chi connectivity index (χ2v) is 3.87. The Labute approximate surface area is 99.6 Å². The van der Waals surface area contributed by atoms with Crippen molar-refractivity contribution in [1.82, 2.24) is 5.32 Å². The minimum absolute atomic E-state index is 0.00421. The Bertz CT molecular complexity index is 471. The molecule has 1 amide bonds. The van der Waals surface area contributed by atoms with E-state index < -0.39 is 0 Å². The van der Waals surface area contributed by atoms with Crippen molar-refractivity contribution in [2.45, 2.75) is 26.3 Å². The zero-order valence-electron chi connectivity index (χ0n) is 9.73. The highest BCUT2D eigenvalue weighted by atomic mass is 16.3. The summed E-state index contributed by atoms with van der Waals surface area (Å²) in [6.07, 6.45) is 2.64. The molecule has 2 heterocycles. The van der Waals surface area contributed by atoms with Crippen LogP contribution in [0.25, 0.3) is 0 Å². The lowest BCUT2D eigenvalue weighted by Gasteiger charge is -2.01. The van der Waals surface area contributed by atoms with Crippen molar-refractivity contribution in [1.29, 1.82) is 0 Å². The van der Waals surface area contributed by atoms with Gasteiger partial charge in [0.15, 0.2) is 0 Å². The average Bonchev–Trinajstić information content (AvgIpc) is 2.95. The molecule has 0 saturated carbocycles. The average molecular weight is 233 g/mol. The number of rotatable bonds is 5. The van der Waals surface area contributed by atoms with Gasteiger partial charge in [-0.2, -0.15) is 0 Å². The number of hydrogen-bond acceptors (Lipinski definition) is 3. The molecule has 90 valence electrons. The van der Waals surface area contributed by atoms with Crippen molar-refractivity contribution in [3.05, 3.63) is 47.8 Å². The fourth-order valence-electron chi connectivity index (χ4n) is 1.54. The van der Waals surface area contributed by atoms with E-state index in [0.29, 0.717) is 19.4 Å². The Kier molecular flexibility index (Phi) is 3.65. The van der Waals surface area contributed by atoms with Gasteiger partial charge in [-0.05, 0) is 31.2 Å². The maximum absolute atomic E-state index is 11.5. The topological polar surface area (TPSA) is 55.4 Å². The summed E-state index contributed by atoms with van der Waals surface area (Å²) >= 11 is 0. The van der Waals surface area contributed by atoms with Crippen molar-refractivity contribution < 1.29 is 13.6 Å². The SMILES string of the molecule is Cc1ccc(CCC(=O)NCc2ccco2)o1. The second kappa shape index (κ2) is 5.39. The van der Waals surface area contributed by atoms with E-state index >= 15 is 0 Å². The first-order valence-electron chi connectivity index (χ1n) is 5.58. The molecule has 0 atom stereocenters. The summed E-state index contributed by atoms with van der Waals surface area (Å²) < 4.78 is 10.5. The van der Waals surface area contributed by atoms with E-state index in [2.05, 4.69) is 5.32 Å². The van der Waals surface area contributed by atoms with Gasteiger partial charge in [-0.1, -0.05) is 0 Å². The predicted molar refractivity (Wildman–Crippen MR) is 62.3 cm³/mol. The third-order valence-corrected chi connectivity index (χ3v) is 2.43. The van der Waals surface area contributed by atoms with Gasteiger partial charge in [0.05, 0.1) is 12.8 Å². The maximum atomic E-state index is 11.5. The zero-order chi connectivity index (χ0) is 12.1. The first-order chi connectivity index (χ1) is 8.24. The molecule has 17 heavy (non-hydrogen) atoms. The Morgan fingerprint density at radius 3 is 2.82 bits per heavy atom. The van der Waals surface area contributed by atoms with Crippen LogP contribution in [0.5, 0.6) is 0 Å². The highest BCUT2D eigenvalue weighted by molar-refractivity contribution is 5.75. The molecule has 0 radical (unpaired) electrons. The summed E-state index contributed by atoms with van der Waals surface area (Å²) in [6, 6.07) is 7.43. The minimum atomic E-state index is -0.00421. The zero-order valence-corrected chi connectivity index (χ0v) is 9.73. The summed E-state index contributed by atoms with van der Waals surface area (Å²) in [7, 11) is 0. The molecule has 0 aliphatic heterocycles. The number of hydrogen-bond donors (Lipinski definition) is 1. The smallest absolute Gasteiger partial charge is 0.220 e. The van der Waals surface area contributed by atoms with Crippen molar-refractivity contribution in [3.63, 3.8) is 0 Å². The second-order valence-electron chi connectivity index (χ2n) is 3.87. The van der Waals surface area contributed by atoms with E-state index in [1.54, 1.807) is 12.3 Å². The van der Waals surface area contributed by atoms with Crippen LogP contribution in [-0.2, 0) is 17.8 Å². The van der Waals surface area contributed by atoms with Crippen LogP contribution in [0.2, 0.25) is 0 Å². The first-order valence-corrected chi connectivity index (χ1v) is 5.58. The lowest BCUT2D eigenvalue weighted by molar-refractivity contribution is -0.121. The van der Waals surface area contributed by atoms with Gasteiger partial charge in [0.2, 0.25) is 5.91 Å². The highest BCUT2D eigenvalue weighted by Crippen LogP contribution is 2.08. The fourth-order valence-corrected chi connectivity index (χ4v) is 1.54. The molecule has 0 unspecified atom stereocenters. The summed E-state index contributed by atoms with van der Waals surface area (Å²) in [5.74, 6) is 2.47. The van der Waals surface area contributed by atoms with Crippen molar-refractivity contribution in [2.75, 3.05) is 0 Å². The predicted octanol–water partition coefficient (Wildman–Crippen LogP) is 2.43. The van der Waals surface area contributed by atoms with Crippen LogP contribution in [0, 0.1) is 6.92 Å². The Morgan fingerprint density at radius 2 is 2.18 bits per heavy atom. The number of amides is 1. The molecule has 0 aromatic carbocycles. The number of carbonyl (C=O) groups excluding carboxylic acids is 1. The first kappa shape index (κ1) is 11.5. The molecular formula is C13H15NO3. The minimum Gasteiger partial charge on any atom is -0.467 e. The molecule has 0 aliphatic rings. The molecule has 2 aromatic heterocycles. The van der Waals surface area contributed by atoms with Gasteiger partial charge < -0.3 is 14.2 Å².